The van der Waals surface area contributed by atoms with Crippen LogP contribution in [0.1, 0.15) is 18.5 Å². The van der Waals surface area contributed by atoms with Crippen molar-refractivity contribution in [2.24, 2.45) is 5.73 Å². The molecule has 0 aromatic heterocycles. The molecule has 0 aliphatic rings. The molecular formula is C9H13NOS. The molecule has 12 heavy (non-hydrogen) atoms. The Hall–Kier alpha value is -0.670. The van der Waals surface area contributed by atoms with Gasteiger partial charge in [-0.05, 0) is 24.6 Å². The molecule has 1 rings (SSSR count). The normalized spacial score (nSPS) is 15.6. The second kappa shape index (κ2) is 3.83. The van der Waals surface area contributed by atoms with Crippen LogP contribution in [-0.2, 0) is 10.8 Å². The van der Waals surface area contributed by atoms with Crippen LogP contribution in [0.25, 0.3) is 0 Å². The molecule has 1 aromatic carbocycles. The number of nitrogens with two attached hydrogens (primary N) is 1. The highest BCUT2D eigenvalue weighted by molar-refractivity contribution is 7.84. The lowest BCUT2D eigenvalue weighted by Gasteiger charge is -2.05. The third kappa shape index (κ3) is 2.16. The van der Waals surface area contributed by atoms with Crippen molar-refractivity contribution in [3.63, 3.8) is 0 Å². The minimum absolute atomic E-state index is 0.0457. The molecule has 0 unspecified atom stereocenters. The van der Waals surface area contributed by atoms with Crippen LogP contribution in [0.5, 0.6) is 0 Å². The molecule has 1 aromatic rings. The van der Waals surface area contributed by atoms with E-state index in [9.17, 15) is 4.21 Å². The molecular weight excluding hydrogens is 170 g/mol. The maximum atomic E-state index is 11.0. The molecule has 3 heteroatoms. The van der Waals surface area contributed by atoms with Gasteiger partial charge in [-0.1, -0.05) is 12.1 Å². The van der Waals surface area contributed by atoms with Gasteiger partial charge in [0.15, 0.2) is 0 Å². The van der Waals surface area contributed by atoms with Crippen molar-refractivity contribution in [3.8, 4) is 0 Å². The fourth-order valence-corrected chi connectivity index (χ4v) is 1.48. The highest BCUT2D eigenvalue weighted by Crippen LogP contribution is 2.12. The summed E-state index contributed by atoms with van der Waals surface area (Å²) in [6.07, 6.45) is 1.67. The largest absolute Gasteiger partial charge is 0.324 e. The summed E-state index contributed by atoms with van der Waals surface area (Å²) < 4.78 is 11.0. The van der Waals surface area contributed by atoms with Gasteiger partial charge in [-0.15, -0.1) is 0 Å². The van der Waals surface area contributed by atoms with Crippen molar-refractivity contribution in [1.82, 2.24) is 0 Å². The lowest BCUT2D eigenvalue weighted by atomic mass is 10.1. The molecule has 66 valence electrons. The van der Waals surface area contributed by atoms with E-state index in [0.717, 1.165) is 10.5 Å². The average Bonchev–Trinajstić information content (AvgIpc) is 2.04. The molecule has 0 aliphatic heterocycles. The molecule has 0 aliphatic carbocycles. The summed E-state index contributed by atoms with van der Waals surface area (Å²) in [5, 5.41) is 0. The second-order valence-corrected chi connectivity index (χ2v) is 4.19. The molecule has 0 fully saturated rings. The van der Waals surface area contributed by atoms with Gasteiger partial charge in [-0.3, -0.25) is 4.21 Å². The van der Waals surface area contributed by atoms with E-state index in [1.165, 1.54) is 0 Å². The second-order valence-electron chi connectivity index (χ2n) is 2.81. The summed E-state index contributed by atoms with van der Waals surface area (Å²) in [5.41, 5.74) is 6.74. The zero-order valence-electron chi connectivity index (χ0n) is 7.28. The predicted octanol–water partition coefficient (Wildman–Crippen LogP) is 1.44. The Balaban J connectivity index is 2.93. The average molecular weight is 183 g/mol. The van der Waals surface area contributed by atoms with Gasteiger partial charge < -0.3 is 5.73 Å². The topological polar surface area (TPSA) is 43.1 Å². The molecule has 2 atom stereocenters. The number of hydrogen-bond acceptors (Lipinski definition) is 2. The Kier molecular flexibility index (Phi) is 3.00. The first-order chi connectivity index (χ1) is 5.61. The van der Waals surface area contributed by atoms with Crippen molar-refractivity contribution in [2.75, 3.05) is 6.26 Å². The van der Waals surface area contributed by atoms with Crippen molar-refractivity contribution >= 4 is 10.8 Å². The summed E-state index contributed by atoms with van der Waals surface area (Å²) in [5.74, 6) is 0. The van der Waals surface area contributed by atoms with Gasteiger partial charge in [0.1, 0.15) is 0 Å². The van der Waals surface area contributed by atoms with Crippen LogP contribution in [0, 0.1) is 0 Å². The first kappa shape index (κ1) is 9.42. The molecule has 0 bridgehead atoms. The fraction of sp³-hybridized carbons (Fsp3) is 0.333. The van der Waals surface area contributed by atoms with Crippen LogP contribution in [0.2, 0.25) is 0 Å². The standard InChI is InChI=1S/C9H13NOS/c1-7(10)8-3-5-9(6-4-8)12(2)11/h3-7H,10H2,1-2H3/t7-,12-/m0/s1. The molecule has 0 amide bonds. The first-order valence-electron chi connectivity index (χ1n) is 3.80. The smallest absolute Gasteiger partial charge is 0.0498 e. The van der Waals surface area contributed by atoms with Crippen LogP contribution in [0.3, 0.4) is 0 Å². The summed E-state index contributed by atoms with van der Waals surface area (Å²) in [7, 11) is -0.891. The third-order valence-electron chi connectivity index (χ3n) is 1.74. The summed E-state index contributed by atoms with van der Waals surface area (Å²) in [6.45, 7) is 1.93. The minimum Gasteiger partial charge on any atom is -0.324 e. The zero-order chi connectivity index (χ0) is 9.14. The van der Waals surface area contributed by atoms with Crippen LogP contribution in [-0.4, -0.2) is 10.5 Å². The Morgan fingerprint density at radius 2 is 1.83 bits per heavy atom. The molecule has 0 heterocycles. The molecule has 0 spiro atoms. The maximum absolute atomic E-state index is 11.0. The van der Waals surface area contributed by atoms with Crippen LogP contribution < -0.4 is 5.73 Å². The highest BCUT2D eigenvalue weighted by atomic mass is 32.2. The fourth-order valence-electron chi connectivity index (χ4n) is 0.963. The van der Waals surface area contributed by atoms with E-state index in [-0.39, 0.29) is 6.04 Å². The van der Waals surface area contributed by atoms with Crippen molar-refractivity contribution in [2.45, 2.75) is 17.9 Å². The molecule has 2 nitrogen and oxygen atoms in total. The Morgan fingerprint density at radius 1 is 1.33 bits per heavy atom. The lowest BCUT2D eigenvalue weighted by Crippen LogP contribution is -2.04. The Labute approximate surface area is 75.2 Å². The van der Waals surface area contributed by atoms with E-state index in [0.29, 0.717) is 0 Å². The number of benzene rings is 1. The van der Waals surface area contributed by atoms with E-state index < -0.39 is 10.8 Å². The van der Waals surface area contributed by atoms with Gasteiger partial charge >= 0.3 is 0 Å². The lowest BCUT2D eigenvalue weighted by molar-refractivity contribution is 0.686. The Bertz CT molecular complexity index is 279. The molecule has 0 saturated carbocycles. The summed E-state index contributed by atoms with van der Waals surface area (Å²) in [6, 6.07) is 7.59. The van der Waals surface area contributed by atoms with Crippen LogP contribution in [0.4, 0.5) is 0 Å². The first-order valence-corrected chi connectivity index (χ1v) is 5.36. The van der Waals surface area contributed by atoms with Gasteiger partial charge in [-0.25, -0.2) is 0 Å². The maximum Gasteiger partial charge on any atom is 0.0498 e. The van der Waals surface area contributed by atoms with Crippen LogP contribution >= 0.6 is 0 Å². The van der Waals surface area contributed by atoms with Gasteiger partial charge in [0, 0.05) is 28.0 Å². The van der Waals surface area contributed by atoms with Crippen molar-refractivity contribution in [3.05, 3.63) is 29.8 Å². The zero-order valence-corrected chi connectivity index (χ0v) is 8.10. The van der Waals surface area contributed by atoms with Gasteiger partial charge in [-0.2, -0.15) is 0 Å². The third-order valence-corrected chi connectivity index (χ3v) is 2.67. The predicted molar refractivity (Wildman–Crippen MR) is 51.4 cm³/mol. The highest BCUT2D eigenvalue weighted by Gasteiger charge is 2.00. The summed E-state index contributed by atoms with van der Waals surface area (Å²) >= 11 is 0. The summed E-state index contributed by atoms with van der Waals surface area (Å²) in [4.78, 5) is 0.847. The molecule has 0 radical (unpaired) electrons. The quantitative estimate of drug-likeness (QED) is 0.754. The number of hydrogen-bond donors (Lipinski definition) is 1. The van der Waals surface area contributed by atoms with Gasteiger partial charge in [0.05, 0.1) is 0 Å². The Morgan fingerprint density at radius 3 is 2.17 bits per heavy atom. The number of rotatable bonds is 2. The van der Waals surface area contributed by atoms with Gasteiger partial charge in [0.2, 0.25) is 0 Å². The SMILES string of the molecule is C[C@H](N)c1ccc([S@](C)=O)cc1. The van der Waals surface area contributed by atoms with Crippen molar-refractivity contribution < 1.29 is 4.21 Å². The van der Waals surface area contributed by atoms with E-state index in [1.807, 2.05) is 31.2 Å². The monoisotopic (exact) mass is 183 g/mol. The van der Waals surface area contributed by atoms with E-state index >= 15 is 0 Å². The van der Waals surface area contributed by atoms with Crippen molar-refractivity contribution in [1.29, 1.82) is 0 Å². The van der Waals surface area contributed by atoms with E-state index in [2.05, 4.69) is 0 Å². The van der Waals surface area contributed by atoms with E-state index in [1.54, 1.807) is 6.26 Å². The molecule has 2 N–H and O–H groups in total. The van der Waals surface area contributed by atoms with E-state index in [4.69, 9.17) is 5.73 Å². The molecule has 0 saturated heterocycles. The van der Waals surface area contributed by atoms with Gasteiger partial charge in [0.25, 0.3) is 0 Å². The van der Waals surface area contributed by atoms with Crippen LogP contribution in [0.15, 0.2) is 29.2 Å². The minimum atomic E-state index is -0.891.